The van der Waals surface area contributed by atoms with Crippen LogP contribution in [0.2, 0.25) is 0 Å². The average molecular weight is 549 g/mol. The summed E-state index contributed by atoms with van der Waals surface area (Å²) in [4.78, 5) is 15.9. The van der Waals surface area contributed by atoms with Gasteiger partial charge in [0, 0.05) is 30.6 Å². The van der Waals surface area contributed by atoms with E-state index in [-0.39, 0.29) is 51.7 Å². The van der Waals surface area contributed by atoms with Gasteiger partial charge in [0.15, 0.2) is 5.65 Å². The van der Waals surface area contributed by atoms with Gasteiger partial charge in [0.05, 0.1) is 16.7 Å². The fourth-order valence-corrected chi connectivity index (χ4v) is 3.81. The number of nitrogens with zero attached hydrogens (tertiary/aromatic N) is 2. The molecule has 0 saturated heterocycles. The van der Waals surface area contributed by atoms with Gasteiger partial charge in [-0.15, -0.1) is 0 Å². The van der Waals surface area contributed by atoms with Crippen LogP contribution in [0.15, 0.2) is 46.0 Å². The van der Waals surface area contributed by atoms with Crippen LogP contribution in [0, 0.1) is 11.8 Å². The van der Waals surface area contributed by atoms with Gasteiger partial charge in [-0.2, -0.15) is 22.0 Å². The molecule has 0 saturated carbocycles. The molecule has 2 aromatic heterocycles. The number of hydrogen-bond acceptors (Lipinski definition) is 5. The molecule has 1 aromatic carbocycles. The molecular formula is C20H14BrF5N4O2S. The molecule has 0 fully saturated rings. The summed E-state index contributed by atoms with van der Waals surface area (Å²) in [5, 5.41) is 4.91. The number of pyridine rings is 1. The Morgan fingerprint density at radius 1 is 1.33 bits per heavy atom. The molecule has 2 heterocycles. The molecule has 13 heteroatoms. The maximum absolute atomic E-state index is 13.0. The number of thioether (sulfide) groups is 1. The van der Waals surface area contributed by atoms with E-state index in [4.69, 9.17) is 0 Å². The fourth-order valence-electron chi connectivity index (χ4n) is 2.72. The zero-order valence-corrected chi connectivity index (χ0v) is 19.0. The molecular weight excluding hydrogens is 535 g/mol. The van der Waals surface area contributed by atoms with Crippen molar-refractivity contribution < 1.29 is 31.5 Å². The molecule has 0 unspecified atom stereocenters. The van der Waals surface area contributed by atoms with E-state index >= 15 is 0 Å². The largest absolute Gasteiger partial charge is 0.447 e. The van der Waals surface area contributed by atoms with Crippen LogP contribution in [0.25, 0.3) is 5.65 Å². The van der Waals surface area contributed by atoms with Crippen LogP contribution in [0.4, 0.5) is 27.6 Å². The summed E-state index contributed by atoms with van der Waals surface area (Å²) >= 11 is 2.90. The summed E-state index contributed by atoms with van der Waals surface area (Å²) in [5.74, 6) is 4.44. The maximum atomic E-state index is 13.0. The molecule has 0 bridgehead atoms. The minimum atomic E-state index is -4.55. The fraction of sp³-hybridized carbons (Fsp3) is 0.200. The van der Waals surface area contributed by atoms with E-state index in [9.17, 15) is 26.7 Å². The zero-order chi connectivity index (χ0) is 24.2. The van der Waals surface area contributed by atoms with Crippen molar-refractivity contribution in [2.24, 2.45) is 0 Å². The number of anilines is 1. The van der Waals surface area contributed by atoms with Gasteiger partial charge in [0.25, 0.3) is 5.91 Å². The number of halogens is 6. The van der Waals surface area contributed by atoms with E-state index in [2.05, 4.69) is 48.1 Å². The van der Waals surface area contributed by atoms with Crippen LogP contribution >= 0.6 is 27.7 Å². The van der Waals surface area contributed by atoms with Crippen LogP contribution in [-0.2, 0) is 0 Å². The number of carbonyl (C=O) groups is 1. The Hall–Kier alpha value is -2.98. The van der Waals surface area contributed by atoms with Gasteiger partial charge >= 0.3 is 12.1 Å². The van der Waals surface area contributed by atoms with E-state index in [0.29, 0.717) is 4.47 Å². The van der Waals surface area contributed by atoms with Gasteiger partial charge in [-0.1, -0.05) is 5.92 Å². The van der Waals surface area contributed by atoms with E-state index < -0.39 is 18.0 Å². The molecule has 0 aliphatic rings. The van der Waals surface area contributed by atoms with Crippen molar-refractivity contribution >= 4 is 44.9 Å². The van der Waals surface area contributed by atoms with Crippen LogP contribution in [-0.4, -0.2) is 41.0 Å². The van der Waals surface area contributed by atoms with Crippen molar-refractivity contribution in [1.29, 1.82) is 0 Å². The van der Waals surface area contributed by atoms with Crippen LogP contribution in [0.3, 0.4) is 0 Å². The SMILES string of the molecule is CNC(=O)c1ccc(NCC#Cc2nc3c(Br)cccn3c2SC(F)(F)F)c(OC(F)F)c1. The normalized spacial score (nSPS) is 11.3. The highest BCUT2D eigenvalue weighted by Crippen LogP contribution is 2.39. The molecule has 33 heavy (non-hydrogen) atoms. The highest BCUT2D eigenvalue weighted by molar-refractivity contribution is 9.10. The van der Waals surface area contributed by atoms with Crippen molar-refractivity contribution in [3.63, 3.8) is 0 Å². The number of hydrogen-bond donors (Lipinski definition) is 2. The predicted octanol–water partition coefficient (Wildman–Crippen LogP) is 5.13. The number of nitrogens with one attached hydrogen (secondary N) is 2. The third kappa shape index (κ3) is 6.29. The highest BCUT2D eigenvalue weighted by Gasteiger charge is 2.33. The number of ether oxygens (including phenoxy) is 1. The Kier molecular flexibility index (Phi) is 7.70. The first-order valence-corrected chi connectivity index (χ1v) is 10.7. The van der Waals surface area contributed by atoms with E-state index in [0.717, 1.165) is 6.07 Å². The summed E-state index contributed by atoms with van der Waals surface area (Å²) in [6, 6.07) is 7.08. The number of rotatable bonds is 6. The first kappa shape index (κ1) is 24.7. The molecule has 6 nitrogen and oxygen atoms in total. The third-order valence-electron chi connectivity index (χ3n) is 4.03. The lowest BCUT2D eigenvalue weighted by atomic mass is 10.1. The number of alkyl halides is 5. The van der Waals surface area contributed by atoms with Crippen LogP contribution in [0.1, 0.15) is 16.1 Å². The predicted molar refractivity (Wildman–Crippen MR) is 117 cm³/mol. The first-order valence-electron chi connectivity index (χ1n) is 9.05. The second-order valence-electron chi connectivity index (χ2n) is 6.19. The van der Waals surface area contributed by atoms with Gasteiger partial charge in [0.1, 0.15) is 16.5 Å². The lowest BCUT2D eigenvalue weighted by Gasteiger charge is -2.12. The van der Waals surface area contributed by atoms with Gasteiger partial charge in [-0.05, 0) is 52.2 Å². The van der Waals surface area contributed by atoms with Crippen molar-refractivity contribution in [3.8, 4) is 17.6 Å². The Labute approximate surface area is 197 Å². The summed E-state index contributed by atoms with van der Waals surface area (Å²) in [7, 11) is 1.39. The monoisotopic (exact) mass is 548 g/mol. The molecule has 174 valence electrons. The summed E-state index contributed by atoms with van der Waals surface area (Å²) in [5.41, 5.74) is -4.15. The molecule has 1 amide bonds. The zero-order valence-electron chi connectivity index (χ0n) is 16.6. The highest BCUT2D eigenvalue weighted by atomic mass is 79.9. The van der Waals surface area contributed by atoms with E-state index in [1.165, 1.54) is 29.8 Å². The number of imidazole rings is 1. The van der Waals surface area contributed by atoms with Crippen LogP contribution in [0.5, 0.6) is 5.75 Å². The first-order chi connectivity index (χ1) is 15.6. The van der Waals surface area contributed by atoms with Crippen LogP contribution < -0.4 is 15.4 Å². The average Bonchev–Trinajstić information content (AvgIpc) is 3.08. The number of fused-ring (bicyclic) bond motifs is 1. The van der Waals surface area contributed by atoms with Gasteiger partial charge in [-0.3, -0.25) is 9.20 Å². The van der Waals surface area contributed by atoms with Gasteiger partial charge in [-0.25, -0.2) is 4.98 Å². The smallest absolute Gasteiger partial charge is 0.433 e. The Morgan fingerprint density at radius 3 is 2.76 bits per heavy atom. The second-order valence-corrected chi connectivity index (χ2v) is 8.10. The number of carbonyl (C=O) groups excluding carboxylic acids is 1. The maximum Gasteiger partial charge on any atom is 0.447 e. The molecule has 0 radical (unpaired) electrons. The lowest BCUT2D eigenvalue weighted by molar-refractivity contribution is -0.0494. The summed E-state index contributed by atoms with van der Waals surface area (Å²) in [6.07, 6.45) is 1.44. The molecule has 0 aliphatic heterocycles. The Balaban J connectivity index is 1.86. The van der Waals surface area contributed by atoms with Gasteiger partial charge < -0.3 is 15.4 Å². The molecule has 3 aromatic rings. The Morgan fingerprint density at radius 2 is 2.09 bits per heavy atom. The minimum Gasteiger partial charge on any atom is -0.433 e. The molecule has 0 aliphatic carbocycles. The standard InChI is InChI=1S/C20H14BrF5N4O2S/c1-27-17(31)11-6-7-13(15(10-11)32-19(22)23)28-8-2-5-14-18(33-20(24,25)26)30-9-3-4-12(21)16(30)29-14/h3-4,6-7,9-10,19,28H,8H2,1H3,(H,27,31). The topological polar surface area (TPSA) is 67.7 Å². The molecule has 0 spiro atoms. The Bertz CT molecular complexity index is 1240. The minimum absolute atomic E-state index is 0.0926. The van der Waals surface area contributed by atoms with Crippen molar-refractivity contribution in [1.82, 2.24) is 14.7 Å². The number of benzene rings is 1. The van der Waals surface area contributed by atoms with Gasteiger partial charge in [0.2, 0.25) is 0 Å². The quantitative estimate of drug-likeness (QED) is 0.254. The van der Waals surface area contributed by atoms with Crippen molar-refractivity contribution in [3.05, 3.63) is 52.3 Å². The molecule has 3 rings (SSSR count). The summed E-state index contributed by atoms with van der Waals surface area (Å²) < 4.78 is 70.9. The number of amides is 1. The van der Waals surface area contributed by atoms with E-state index in [1.807, 2.05) is 0 Å². The summed E-state index contributed by atoms with van der Waals surface area (Å²) in [6.45, 7) is -3.25. The third-order valence-corrected chi connectivity index (χ3v) is 5.47. The second kappa shape index (κ2) is 10.3. The lowest BCUT2D eigenvalue weighted by Crippen LogP contribution is -2.18. The van der Waals surface area contributed by atoms with Crippen molar-refractivity contribution in [2.45, 2.75) is 17.1 Å². The molecule has 0 atom stereocenters. The van der Waals surface area contributed by atoms with E-state index in [1.54, 1.807) is 12.1 Å². The number of aromatic nitrogens is 2. The molecule has 2 N–H and O–H groups in total. The van der Waals surface area contributed by atoms with Crippen molar-refractivity contribution in [2.75, 3.05) is 18.9 Å².